The Morgan fingerprint density at radius 2 is 0.457 bits per heavy atom. The zero-order valence-corrected chi connectivity index (χ0v) is 57.4. The summed E-state index contributed by atoms with van der Waals surface area (Å²) in [6.07, 6.45) is 68.6. The minimum Gasteiger partial charge on any atom is -0.493 e. The predicted octanol–water partition coefficient (Wildman–Crippen LogP) is 27.5. The molecule has 1 aliphatic heterocycles. The summed E-state index contributed by atoms with van der Waals surface area (Å²) in [5.74, 6) is 0. The second-order valence-electron chi connectivity index (χ2n) is 25.0. The summed E-state index contributed by atoms with van der Waals surface area (Å²) in [5.41, 5.74) is 25.7. The number of benzene rings is 2. The van der Waals surface area contributed by atoms with Crippen molar-refractivity contribution in [3.63, 3.8) is 0 Å². The summed E-state index contributed by atoms with van der Waals surface area (Å²) in [4.78, 5) is 0. The molecule has 0 bridgehead atoms. The van der Waals surface area contributed by atoms with E-state index < -0.39 is 0 Å². The number of nitrogens with zero attached hydrogens (tertiary/aromatic N) is 2. The molecule has 1 aliphatic rings. The zero-order chi connectivity index (χ0) is 58.4. The van der Waals surface area contributed by atoms with Gasteiger partial charge in [-0.2, -0.15) is 12.8 Å². The van der Waals surface area contributed by atoms with E-state index in [1.807, 2.05) is 0 Å². The molecular formula is C78H138N2Pd. The van der Waals surface area contributed by atoms with Gasteiger partial charge in [-0.05, 0) is 124 Å². The molecular weight excluding hydrogens is 1070 g/mol. The van der Waals surface area contributed by atoms with Gasteiger partial charge in [-0.1, -0.05) is 312 Å². The van der Waals surface area contributed by atoms with Crippen LogP contribution in [0.5, 0.6) is 0 Å². The van der Waals surface area contributed by atoms with E-state index in [9.17, 15) is 5.53 Å². The summed E-state index contributed by atoms with van der Waals surface area (Å²) >= 11 is 0. The van der Waals surface area contributed by atoms with E-state index in [0.29, 0.717) is 0 Å². The van der Waals surface area contributed by atoms with Crippen LogP contribution in [-0.4, -0.2) is 4.70 Å². The molecule has 470 valence electrons. The second-order valence-corrected chi connectivity index (χ2v) is 25.0. The molecule has 0 N–H and O–H groups in total. The Morgan fingerprint density at radius 1 is 0.259 bits per heavy atom. The van der Waals surface area contributed by atoms with Gasteiger partial charge in [0.15, 0.2) is 0 Å². The maximum atomic E-state index is 12.5. The molecule has 0 saturated carbocycles. The van der Waals surface area contributed by atoms with Gasteiger partial charge in [-0.25, -0.2) is 4.70 Å². The second kappa shape index (κ2) is 58.6. The first-order valence-corrected chi connectivity index (χ1v) is 36.1. The van der Waals surface area contributed by atoms with E-state index in [1.165, 1.54) is 314 Å². The molecule has 0 unspecified atom stereocenters. The van der Waals surface area contributed by atoms with Crippen molar-refractivity contribution in [2.45, 2.75) is 389 Å². The van der Waals surface area contributed by atoms with E-state index in [-0.39, 0.29) is 20.4 Å². The molecule has 2 aromatic rings. The third-order valence-corrected chi connectivity index (χ3v) is 17.1. The van der Waals surface area contributed by atoms with Crippen molar-refractivity contribution in [3.8, 4) is 0 Å². The van der Waals surface area contributed by atoms with Crippen LogP contribution in [0.25, 0.3) is 16.9 Å². The Hall–Kier alpha value is -1.82. The number of unbranched alkanes of at least 4 members (excludes halogenated alkanes) is 38. The Kier molecular flexibility index (Phi) is 57.2. The van der Waals surface area contributed by atoms with Crippen molar-refractivity contribution in [3.05, 3.63) is 100 Å². The van der Waals surface area contributed by atoms with E-state index in [4.69, 9.17) is 0 Å². The minimum absolute atomic E-state index is 0. The fourth-order valence-corrected chi connectivity index (χ4v) is 11.9. The van der Waals surface area contributed by atoms with Gasteiger partial charge in [-0.15, -0.1) is 0 Å². The molecule has 0 atom stereocenters. The number of hydrogen-bond donors (Lipinski definition) is 0. The van der Waals surface area contributed by atoms with Crippen LogP contribution in [0.15, 0.2) is 47.5 Å². The van der Waals surface area contributed by atoms with E-state index in [2.05, 4.69) is 106 Å². The van der Waals surface area contributed by atoms with Crippen LogP contribution in [0.4, 0.5) is 0 Å². The van der Waals surface area contributed by atoms with Crippen LogP contribution in [0, 0.1) is 13.8 Å². The van der Waals surface area contributed by atoms with E-state index in [1.54, 1.807) is 4.70 Å². The van der Waals surface area contributed by atoms with Crippen LogP contribution in [0.3, 0.4) is 0 Å². The molecule has 0 amide bonds. The summed E-state index contributed by atoms with van der Waals surface area (Å²) in [6.45, 7) is 26.1. The number of hydrogen-bond acceptors (Lipinski definition) is 0. The molecule has 1 heterocycles. The van der Waals surface area contributed by atoms with Gasteiger partial charge in [0.05, 0.1) is 0 Å². The van der Waals surface area contributed by atoms with Crippen molar-refractivity contribution in [2.75, 3.05) is 0 Å². The fraction of sp³-hybridized carbons (Fsp3) is 0.769. The van der Waals surface area contributed by atoms with Crippen LogP contribution >= 0.6 is 0 Å². The average Bonchev–Trinajstić information content (AvgIpc) is 3.75. The van der Waals surface area contributed by atoms with Crippen molar-refractivity contribution >= 4 is 11.4 Å². The number of aryl methyl sites for hydroxylation is 4. The Balaban J connectivity index is 0.00000158. The summed E-state index contributed by atoms with van der Waals surface area (Å²) in [7, 11) is 0. The van der Waals surface area contributed by atoms with Crippen molar-refractivity contribution in [1.29, 1.82) is 0 Å². The van der Waals surface area contributed by atoms with Crippen molar-refractivity contribution in [2.24, 2.45) is 0 Å². The fourth-order valence-electron chi connectivity index (χ4n) is 11.9. The molecule has 0 aromatic heterocycles. The molecule has 2 aromatic carbocycles. The largest absolute Gasteiger partial charge is 2.00 e. The van der Waals surface area contributed by atoms with Crippen LogP contribution < -0.4 is 0 Å². The van der Waals surface area contributed by atoms with Gasteiger partial charge in [-0.3, -0.25) is 0 Å². The summed E-state index contributed by atoms with van der Waals surface area (Å²) < 4.78 is 1.67. The quantitative estimate of drug-likeness (QED) is 0.0273. The van der Waals surface area contributed by atoms with Gasteiger partial charge < -0.3 is 19.4 Å². The monoisotopic (exact) mass is 1210 g/mol. The van der Waals surface area contributed by atoms with Gasteiger partial charge in [0.2, 0.25) is 11.4 Å². The number of rotatable bonds is 52. The Bertz CT molecular complexity index is 1670. The standard InChI is InChI=1S/C46H72N2.2C16H33.Pd/c1-7-13-19-20-21-24-30-44-43(29-18-12-6)45(42-35-39(27-22-14-8-2)32-40(36-42)28-23-15-9-3)48(47)46(44)41-33-37(25-16-10-4)31-38(34-41)26-17-11-5;2*1-3-5-7-9-11-13-15-16-14-12-10-8-6-4-2;/h31-36H,7-30H2,1-6H3;2*1,3-16H2,2H3;/q;2*-1;+2. The third-order valence-electron chi connectivity index (χ3n) is 17.1. The van der Waals surface area contributed by atoms with Gasteiger partial charge in [0, 0.05) is 22.3 Å². The first-order valence-electron chi connectivity index (χ1n) is 36.1. The molecule has 3 rings (SSSR count). The molecule has 0 aliphatic carbocycles. The van der Waals surface area contributed by atoms with Crippen molar-refractivity contribution in [1.82, 2.24) is 0 Å². The van der Waals surface area contributed by atoms with E-state index in [0.717, 1.165) is 75.6 Å². The molecule has 0 saturated heterocycles. The zero-order valence-electron chi connectivity index (χ0n) is 55.9. The third kappa shape index (κ3) is 40.2. The Labute approximate surface area is 522 Å². The molecule has 0 radical (unpaired) electrons. The van der Waals surface area contributed by atoms with Crippen LogP contribution in [0.1, 0.15) is 397 Å². The SMILES string of the molecule is CCCCCCCCC1=C(c2cc(CCCC)cc(CCCC)c2)[N+](=[N-])C(c2cc(CCCCC)cc(CCCCC)c2)=C1CCCC.[CH2-]CCCCCCCCCCCCCCC.[CH2-]CCCCCCCCCCCCCCC.[Pd+2]. The molecule has 81 heavy (non-hydrogen) atoms. The Morgan fingerprint density at radius 3 is 0.728 bits per heavy atom. The van der Waals surface area contributed by atoms with Crippen molar-refractivity contribution < 1.29 is 25.1 Å². The smallest absolute Gasteiger partial charge is 0.493 e. The van der Waals surface area contributed by atoms with Gasteiger partial charge in [0.25, 0.3) is 0 Å². The summed E-state index contributed by atoms with van der Waals surface area (Å²) in [6, 6.07) is 14.6. The summed E-state index contributed by atoms with van der Waals surface area (Å²) in [5, 5.41) is 0. The first-order chi connectivity index (χ1) is 39.3. The normalized spacial score (nSPS) is 12.2. The van der Waals surface area contributed by atoms with Gasteiger partial charge >= 0.3 is 20.4 Å². The predicted molar refractivity (Wildman–Crippen MR) is 363 cm³/mol. The molecule has 2 nitrogen and oxygen atoms in total. The number of allylic oxidation sites excluding steroid dienone is 2. The van der Waals surface area contributed by atoms with E-state index >= 15 is 0 Å². The van der Waals surface area contributed by atoms with Crippen LogP contribution in [-0.2, 0) is 46.1 Å². The molecule has 0 spiro atoms. The first kappa shape index (κ1) is 79.2. The molecule has 0 fully saturated rings. The average molecular weight is 1210 g/mol. The maximum absolute atomic E-state index is 12.5. The topological polar surface area (TPSA) is 25.3 Å². The van der Waals surface area contributed by atoms with Crippen LogP contribution in [0.2, 0.25) is 0 Å². The maximum Gasteiger partial charge on any atom is 2.00 e. The molecule has 3 heteroatoms. The minimum atomic E-state index is 0. The van der Waals surface area contributed by atoms with Gasteiger partial charge in [0.1, 0.15) is 0 Å².